The van der Waals surface area contributed by atoms with Gasteiger partial charge < -0.3 is 19.3 Å². The molecule has 122 valence electrons. The lowest BCUT2D eigenvalue weighted by Crippen LogP contribution is -2.52. The molecule has 1 fully saturated rings. The molecule has 5 atom stereocenters. The molecule has 4 heteroatoms. The minimum absolute atomic E-state index is 0.00907. The van der Waals surface area contributed by atoms with Gasteiger partial charge in [0.15, 0.2) is 6.29 Å². The lowest BCUT2D eigenvalue weighted by Gasteiger charge is -2.43. The Morgan fingerprint density at radius 2 is 1.91 bits per heavy atom. The van der Waals surface area contributed by atoms with Gasteiger partial charge in [-0.3, -0.25) is 0 Å². The lowest BCUT2D eigenvalue weighted by molar-refractivity contribution is -0.283. The predicted molar refractivity (Wildman–Crippen MR) is 85.2 cm³/mol. The van der Waals surface area contributed by atoms with Gasteiger partial charge in [-0.05, 0) is 17.4 Å². The van der Waals surface area contributed by atoms with E-state index in [0.29, 0.717) is 13.2 Å². The van der Waals surface area contributed by atoms with Gasteiger partial charge in [-0.25, -0.2) is 0 Å². The maximum absolute atomic E-state index is 9.48. The van der Waals surface area contributed by atoms with Crippen LogP contribution >= 0.6 is 0 Å². The summed E-state index contributed by atoms with van der Waals surface area (Å²) in [5.41, 5.74) is 1.12. The molecule has 0 radical (unpaired) electrons. The molecule has 0 saturated carbocycles. The summed E-state index contributed by atoms with van der Waals surface area (Å²) in [5.74, 6) is 0.429. The van der Waals surface area contributed by atoms with Crippen molar-refractivity contribution in [2.75, 3.05) is 13.2 Å². The van der Waals surface area contributed by atoms with Crippen LogP contribution in [-0.2, 0) is 20.8 Å². The van der Waals surface area contributed by atoms with Crippen LogP contribution in [0.1, 0.15) is 19.4 Å². The Labute approximate surface area is 132 Å². The summed E-state index contributed by atoms with van der Waals surface area (Å²) in [6.45, 7) is 8.77. The molecular weight excluding hydrogens is 280 g/mol. The summed E-state index contributed by atoms with van der Waals surface area (Å²) >= 11 is 0. The summed E-state index contributed by atoms with van der Waals surface area (Å²) in [7, 11) is 0. The molecule has 22 heavy (non-hydrogen) atoms. The molecule has 0 spiro atoms. The third-order valence-corrected chi connectivity index (χ3v) is 4.35. The average molecular weight is 306 g/mol. The highest BCUT2D eigenvalue weighted by molar-refractivity contribution is 5.13. The van der Waals surface area contributed by atoms with Gasteiger partial charge in [-0.15, -0.1) is 6.58 Å². The van der Waals surface area contributed by atoms with Gasteiger partial charge in [0.25, 0.3) is 0 Å². The fraction of sp³-hybridized carbons (Fsp3) is 0.556. The van der Waals surface area contributed by atoms with Crippen LogP contribution < -0.4 is 0 Å². The van der Waals surface area contributed by atoms with Crippen molar-refractivity contribution in [3.8, 4) is 0 Å². The van der Waals surface area contributed by atoms with Gasteiger partial charge in [0.05, 0.1) is 25.9 Å². The third kappa shape index (κ3) is 4.17. The minimum atomic E-state index is -0.481. The molecule has 1 saturated heterocycles. The van der Waals surface area contributed by atoms with Gasteiger partial charge in [-0.2, -0.15) is 0 Å². The van der Waals surface area contributed by atoms with E-state index in [4.69, 9.17) is 14.2 Å². The normalized spacial score (nSPS) is 31.9. The fourth-order valence-corrected chi connectivity index (χ4v) is 2.76. The van der Waals surface area contributed by atoms with Crippen LogP contribution in [-0.4, -0.2) is 36.8 Å². The molecule has 1 N–H and O–H groups in total. The van der Waals surface area contributed by atoms with Crippen LogP contribution in [0.25, 0.3) is 0 Å². The summed E-state index contributed by atoms with van der Waals surface area (Å²) in [6.07, 6.45) is 0.818. The second kappa shape index (κ2) is 8.44. The Hall–Kier alpha value is -1.20. The highest BCUT2D eigenvalue weighted by atomic mass is 16.7. The van der Waals surface area contributed by atoms with Crippen LogP contribution in [0.3, 0.4) is 0 Å². The zero-order valence-corrected chi connectivity index (χ0v) is 13.4. The van der Waals surface area contributed by atoms with Gasteiger partial charge in [0, 0.05) is 0 Å². The largest absolute Gasteiger partial charge is 0.394 e. The van der Waals surface area contributed by atoms with Crippen molar-refractivity contribution in [3.63, 3.8) is 0 Å². The molecule has 0 bridgehead atoms. The van der Waals surface area contributed by atoms with Crippen LogP contribution in [0.4, 0.5) is 0 Å². The number of benzene rings is 1. The van der Waals surface area contributed by atoms with Crippen molar-refractivity contribution in [1.29, 1.82) is 0 Å². The second-order valence-corrected chi connectivity index (χ2v) is 5.83. The first-order chi connectivity index (χ1) is 10.7. The predicted octanol–water partition coefficient (Wildman–Crippen LogP) is 2.76. The summed E-state index contributed by atoms with van der Waals surface area (Å²) in [5, 5.41) is 9.48. The molecule has 1 aromatic rings. The SMILES string of the molecule is C=CCO[C@@H]1OC(CO)[C@@H](C)[C@H](C)C1OCc1ccccc1. The van der Waals surface area contributed by atoms with E-state index >= 15 is 0 Å². The van der Waals surface area contributed by atoms with Crippen LogP contribution in [0.2, 0.25) is 0 Å². The Bertz CT molecular complexity index is 448. The van der Waals surface area contributed by atoms with Gasteiger partial charge in [0.1, 0.15) is 6.10 Å². The highest BCUT2D eigenvalue weighted by Gasteiger charge is 2.42. The van der Waals surface area contributed by atoms with Crippen molar-refractivity contribution in [2.24, 2.45) is 11.8 Å². The van der Waals surface area contributed by atoms with E-state index in [1.807, 2.05) is 30.3 Å². The van der Waals surface area contributed by atoms with E-state index in [-0.39, 0.29) is 30.7 Å². The smallest absolute Gasteiger partial charge is 0.184 e. The number of hydrogen-bond donors (Lipinski definition) is 1. The summed E-state index contributed by atoms with van der Waals surface area (Å²) in [6, 6.07) is 10.0. The molecule has 2 rings (SSSR count). The molecular formula is C18H26O4. The molecule has 0 aromatic heterocycles. The van der Waals surface area contributed by atoms with E-state index in [2.05, 4.69) is 20.4 Å². The molecule has 0 amide bonds. The Kier molecular flexibility index (Phi) is 6.58. The molecule has 1 aliphatic rings. The number of aliphatic hydroxyl groups excluding tert-OH is 1. The number of aliphatic hydroxyl groups is 1. The number of ether oxygens (including phenoxy) is 3. The van der Waals surface area contributed by atoms with E-state index in [1.54, 1.807) is 6.08 Å². The van der Waals surface area contributed by atoms with Gasteiger partial charge in [-0.1, -0.05) is 50.3 Å². The Balaban J connectivity index is 2.04. The fourth-order valence-electron chi connectivity index (χ4n) is 2.76. The number of rotatable bonds is 7. The zero-order valence-electron chi connectivity index (χ0n) is 13.4. The first-order valence-corrected chi connectivity index (χ1v) is 7.81. The van der Waals surface area contributed by atoms with Gasteiger partial charge in [0.2, 0.25) is 0 Å². The summed E-state index contributed by atoms with van der Waals surface area (Å²) in [4.78, 5) is 0. The van der Waals surface area contributed by atoms with Crippen LogP contribution in [0.15, 0.2) is 43.0 Å². The standard InChI is InChI=1S/C18H26O4/c1-4-10-20-18-17(14(3)13(2)16(11-19)22-18)21-12-15-8-6-5-7-9-15/h4-9,13-14,16-19H,1,10-12H2,2-3H3/t13-,14-,16?,17?,18+/m0/s1. The molecule has 1 heterocycles. The average Bonchev–Trinajstić information content (AvgIpc) is 2.56. The molecule has 1 aromatic carbocycles. The van der Waals surface area contributed by atoms with Crippen molar-refractivity contribution in [3.05, 3.63) is 48.6 Å². The third-order valence-electron chi connectivity index (χ3n) is 4.35. The van der Waals surface area contributed by atoms with Crippen LogP contribution in [0.5, 0.6) is 0 Å². The first-order valence-electron chi connectivity index (χ1n) is 7.81. The van der Waals surface area contributed by atoms with Gasteiger partial charge >= 0.3 is 0 Å². The quantitative estimate of drug-likeness (QED) is 0.787. The van der Waals surface area contributed by atoms with E-state index in [0.717, 1.165) is 5.56 Å². The minimum Gasteiger partial charge on any atom is -0.394 e. The Morgan fingerprint density at radius 1 is 1.18 bits per heavy atom. The topological polar surface area (TPSA) is 47.9 Å². The second-order valence-electron chi connectivity index (χ2n) is 5.83. The molecule has 1 aliphatic heterocycles. The first kappa shape index (κ1) is 17.2. The maximum atomic E-state index is 9.48. The number of hydrogen-bond acceptors (Lipinski definition) is 4. The van der Waals surface area contributed by atoms with E-state index in [9.17, 15) is 5.11 Å². The van der Waals surface area contributed by atoms with Crippen molar-refractivity contribution < 1.29 is 19.3 Å². The van der Waals surface area contributed by atoms with E-state index < -0.39 is 6.29 Å². The maximum Gasteiger partial charge on any atom is 0.184 e. The summed E-state index contributed by atoms with van der Waals surface area (Å²) < 4.78 is 17.7. The zero-order chi connectivity index (χ0) is 15.9. The molecule has 0 aliphatic carbocycles. The van der Waals surface area contributed by atoms with E-state index in [1.165, 1.54) is 0 Å². The highest BCUT2D eigenvalue weighted by Crippen LogP contribution is 2.33. The van der Waals surface area contributed by atoms with Crippen LogP contribution in [0, 0.1) is 11.8 Å². The van der Waals surface area contributed by atoms with Crippen molar-refractivity contribution in [2.45, 2.75) is 39.0 Å². The molecule has 2 unspecified atom stereocenters. The lowest BCUT2D eigenvalue weighted by atomic mass is 9.83. The molecule has 4 nitrogen and oxygen atoms in total. The Morgan fingerprint density at radius 3 is 2.55 bits per heavy atom. The monoisotopic (exact) mass is 306 g/mol. The van der Waals surface area contributed by atoms with Crippen molar-refractivity contribution >= 4 is 0 Å². The van der Waals surface area contributed by atoms with Crippen molar-refractivity contribution in [1.82, 2.24) is 0 Å².